The Labute approximate surface area is 170 Å². The van der Waals surface area contributed by atoms with E-state index >= 15 is 0 Å². The van der Waals surface area contributed by atoms with Crippen LogP contribution in [-0.2, 0) is 6.54 Å². The predicted molar refractivity (Wildman–Crippen MR) is 109 cm³/mol. The zero-order valence-electron chi connectivity index (χ0n) is 15.0. The molecule has 0 radical (unpaired) electrons. The smallest absolute Gasteiger partial charge is 0.276 e. The molecule has 1 amide bonds. The van der Waals surface area contributed by atoms with E-state index in [4.69, 9.17) is 11.6 Å². The Hall–Kier alpha value is -3.78. The van der Waals surface area contributed by atoms with E-state index < -0.39 is 16.4 Å². The number of hydrogen-bond acceptors (Lipinski definition) is 5. The van der Waals surface area contributed by atoms with E-state index in [0.29, 0.717) is 10.6 Å². The number of aromatic nitrogens is 1. The molecule has 1 N–H and O–H groups in total. The number of amides is 1. The van der Waals surface area contributed by atoms with E-state index in [1.165, 1.54) is 41.1 Å². The topological polar surface area (TPSA) is 107 Å². The number of nitrogens with zero attached hydrogens (tertiary/aromatic N) is 3. The van der Waals surface area contributed by atoms with Crippen molar-refractivity contribution in [1.82, 2.24) is 9.99 Å². The molecule has 9 heteroatoms. The number of rotatable bonds is 6. The van der Waals surface area contributed by atoms with Gasteiger partial charge in [-0.15, -0.1) is 0 Å². The third kappa shape index (κ3) is 4.94. The summed E-state index contributed by atoms with van der Waals surface area (Å²) in [5.41, 5.74) is 3.00. The van der Waals surface area contributed by atoms with Crippen LogP contribution in [-0.4, -0.2) is 21.6 Å². The molecule has 1 aromatic heterocycles. The van der Waals surface area contributed by atoms with Crippen LogP contribution in [0.1, 0.15) is 21.5 Å². The quantitative estimate of drug-likeness (QED) is 0.382. The van der Waals surface area contributed by atoms with Crippen molar-refractivity contribution in [2.24, 2.45) is 5.10 Å². The number of carbonyl (C=O) groups is 1. The third-order valence-electron chi connectivity index (χ3n) is 4.05. The molecule has 1 heterocycles. The maximum Gasteiger partial charge on any atom is 0.276 e. The first-order chi connectivity index (χ1) is 14.0. The van der Waals surface area contributed by atoms with Crippen LogP contribution in [0.5, 0.6) is 0 Å². The summed E-state index contributed by atoms with van der Waals surface area (Å²) in [7, 11) is 0. The summed E-state index contributed by atoms with van der Waals surface area (Å²) >= 11 is 6.13. The number of nitro groups is 1. The number of carbonyl (C=O) groups excluding carboxylic acids is 1. The fourth-order valence-corrected chi connectivity index (χ4v) is 2.75. The van der Waals surface area contributed by atoms with Gasteiger partial charge in [-0.2, -0.15) is 5.10 Å². The first-order valence-corrected chi connectivity index (χ1v) is 8.84. The number of hydrazone groups is 1. The molecule has 2 aromatic carbocycles. The van der Waals surface area contributed by atoms with Crippen LogP contribution in [0, 0.1) is 10.1 Å². The molecular weight excluding hydrogens is 396 g/mol. The highest BCUT2D eigenvalue weighted by atomic mass is 35.5. The lowest BCUT2D eigenvalue weighted by molar-refractivity contribution is -0.384. The van der Waals surface area contributed by atoms with Crippen LogP contribution in [0.15, 0.2) is 76.8 Å². The molecule has 0 atom stereocenters. The molecule has 0 aliphatic carbocycles. The molecule has 0 unspecified atom stereocenters. The van der Waals surface area contributed by atoms with Gasteiger partial charge < -0.3 is 4.57 Å². The van der Waals surface area contributed by atoms with Gasteiger partial charge in [-0.25, -0.2) is 5.43 Å². The molecule has 0 aliphatic rings. The average Bonchev–Trinajstić information content (AvgIpc) is 2.71. The van der Waals surface area contributed by atoms with Crippen LogP contribution in [0.3, 0.4) is 0 Å². The lowest BCUT2D eigenvalue weighted by Gasteiger charge is -2.09. The molecule has 0 bridgehead atoms. The van der Waals surface area contributed by atoms with Crippen molar-refractivity contribution < 1.29 is 9.72 Å². The third-order valence-corrected chi connectivity index (χ3v) is 4.42. The van der Waals surface area contributed by atoms with Crippen molar-refractivity contribution in [3.05, 3.63) is 109 Å². The second-order valence-corrected chi connectivity index (χ2v) is 6.40. The van der Waals surface area contributed by atoms with Gasteiger partial charge in [0.25, 0.3) is 17.2 Å². The Bertz CT molecular complexity index is 1140. The van der Waals surface area contributed by atoms with Crippen molar-refractivity contribution in [3.8, 4) is 0 Å². The molecule has 0 aliphatic heterocycles. The number of non-ortho nitro benzene ring substituents is 1. The summed E-state index contributed by atoms with van der Waals surface area (Å²) < 4.78 is 1.39. The van der Waals surface area contributed by atoms with Gasteiger partial charge in [0.05, 0.1) is 17.7 Å². The number of nitro benzene ring substituents is 1. The minimum Gasteiger partial charge on any atom is -0.310 e. The second-order valence-electron chi connectivity index (χ2n) is 5.99. The molecule has 0 spiro atoms. The highest BCUT2D eigenvalue weighted by Gasteiger charge is 2.12. The van der Waals surface area contributed by atoms with E-state index in [2.05, 4.69) is 10.5 Å². The van der Waals surface area contributed by atoms with Crippen molar-refractivity contribution in [1.29, 1.82) is 0 Å². The van der Waals surface area contributed by atoms with Crippen LogP contribution in [0.4, 0.5) is 5.69 Å². The van der Waals surface area contributed by atoms with E-state index in [1.54, 1.807) is 30.5 Å². The number of pyridine rings is 1. The van der Waals surface area contributed by atoms with Crippen molar-refractivity contribution in [3.63, 3.8) is 0 Å². The largest absolute Gasteiger partial charge is 0.310 e. The van der Waals surface area contributed by atoms with Crippen LogP contribution < -0.4 is 11.0 Å². The molecule has 3 aromatic rings. The van der Waals surface area contributed by atoms with Crippen molar-refractivity contribution >= 4 is 29.4 Å². The van der Waals surface area contributed by atoms with Crippen molar-refractivity contribution in [2.45, 2.75) is 6.54 Å². The van der Waals surface area contributed by atoms with Gasteiger partial charge in [-0.1, -0.05) is 29.8 Å². The Morgan fingerprint density at radius 2 is 1.86 bits per heavy atom. The van der Waals surface area contributed by atoms with Gasteiger partial charge in [0, 0.05) is 23.4 Å². The summed E-state index contributed by atoms with van der Waals surface area (Å²) in [4.78, 5) is 35.1. The van der Waals surface area contributed by atoms with Gasteiger partial charge >= 0.3 is 0 Å². The number of benzene rings is 2. The summed E-state index contributed by atoms with van der Waals surface area (Å²) in [5, 5.41) is 15.0. The van der Waals surface area contributed by atoms with Crippen LogP contribution in [0.25, 0.3) is 0 Å². The monoisotopic (exact) mass is 410 g/mol. The molecule has 0 saturated carbocycles. The Balaban J connectivity index is 1.72. The van der Waals surface area contributed by atoms with Gasteiger partial charge in [0.15, 0.2) is 0 Å². The molecule has 146 valence electrons. The molecule has 29 heavy (non-hydrogen) atoms. The Morgan fingerprint density at radius 3 is 2.55 bits per heavy atom. The van der Waals surface area contributed by atoms with Gasteiger partial charge in [0.1, 0.15) is 5.56 Å². The van der Waals surface area contributed by atoms with E-state index in [1.807, 2.05) is 6.07 Å². The summed E-state index contributed by atoms with van der Waals surface area (Å²) in [6, 6.07) is 15.8. The van der Waals surface area contributed by atoms with Gasteiger partial charge in [0.2, 0.25) is 0 Å². The maximum atomic E-state index is 12.6. The van der Waals surface area contributed by atoms with Crippen LogP contribution in [0.2, 0.25) is 5.02 Å². The molecule has 8 nitrogen and oxygen atoms in total. The van der Waals surface area contributed by atoms with Crippen LogP contribution >= 0.6 is 11.6 Å². The van der Waals surface area contributed by atoms with Gasteiger partial charge in [-0.05, 0) is 41.5 Å². The zero-order valence-corrected chi connectivity index (χ0v) is 15.7. The molecular formula is C20H15ClN4O4. The summed E-state index contributed by atoms with van der Waals surface area (Å²) in [6.45, 7) is 0.228. The minimum atomic E-state index is -0.665. The SMILES string of the molecule is O=C(N/N=C\c1ccc([N+](=O)[O-])cc1)c1cccn(Cc2ccccc2Cl)c1=O. The Morgan fingerprint density at radius 1 is 1.14 bits per heavy atom. The number of halogens is 1. The first-order valence-electron chi connectivity index (χ1n) is 8.46. The highest BCUT2D eigenvalue weighted by molar-refractivity contribution is 6.31. The lowest BCUT2D eigenvalue weighted by Crippen LogP contribution is -2.30. The molecule has 0 saturated heterocycles. The fourth-order valence-electron chi connectivity index (χ4n) is 2.55. The standard InChI is InChI=1S/C20H15ClN4O4/c21-18-6-2-1-4-15(18)13-24-11-3-5-17(20(24)27)19(26)23-22-12-14-7-9-16(10-8-14)25(28)29/h1-12H,13H2,(H,23,26)/b22-12-. The number of hydrogen-bond donors (Lipinski definition) is 1. The van der Waals surface area contributed by atoms with Gasteiger partial charge in [-0.3, -0.25) is 19.7 Å². The maximum absolute atomic E-state index is 12.6. The summed E-state index contributed by atoms with van der Waals surface area (Å²) in [5.74, 6) is -0.665. The van der Waals surface area contributed by atoms with E-state index in [-0.39, 0.29) is 17.8 Å². The second kappa shape index (κ2) is 8.94. The predicted octanol–water partition coefficient (Wildman–Crippen LogP) is 3.22. The number of nitrogens with one attached hydrogen (secondary N) is 1. The lowest BCUT2D eigenvalue weighted by atomic mass is 10.2. The van der Waals surface area contributed by atoms with E-state index in [9.17, 15) is 19.7 Å². The Kier molecular flexibility index (Phi) is 6.16. The van der Waals surface area contributed by atoms with Crippen molar-refractivity contribution in [2.75, 3.05) is 0 Å². The molecule has 3 rings (SSSR count). The minimum absolute atomic E-state index is 0.0467. The van der Waals surface area contributed by atoms with E-state index in [0.717, 1.165) is 5.56 Å². The zero-order chi connectivity index (χ0) is 20.8. The fraction of sp³-hybridized carbons (Fsp3) is 0.0500. The highest BCUT2D eigenvalue weighted by Crippen LogP contribution is 2.15. The first kappa shape index (κ1) is 20.0. The average molecular weight is 411 g/mol. The normalized spacial score (nSPS) is 10.8. The summed E-state index contributed by atoms with van der Waals surface area (Å²) in [6.07, 6.45) is 2.90. The molecule has 0 fully saturated rings.